The van der Waals surface area contributed by atoms with E-state index in [9.17, 15) is 4.39 Å². The van der Waals surface area contributed by atoms with Crippen LogP contribution in [0.4, 0.5) is 4.39 Å². The van der Waals surface area contributed by atoms with Gasteiger partial charge in [0.1, 0.15) is 17.8 Å². The van der Waals surface area contributed by atoms with E-state index >= 15 is 0 Å². The van der Waals surface area contributed by atoms with Gasteiger partial charge >= 0.3 is 0 Å². The van der Waals surface area contributed by atoms with Crippen molar-refractivity contribution >= 4 is 0 Å². The average molecular weight is 191 g/mol. The number of benzene rings is 1. The van der Waals surface area contributed by atoms with Crippen LogP contribution in [-0.4, -0.2) is 5.16 Å². The third kappa shape index (κ3) is 1.53. The van der Waals surface area contributed by atoms with Gasteiger partial charge in [-0.1, -0.05) is 12.1 Å². The first-order valence-corrected chi connectivity index (χ1v) is 4.50. The number of hydrogen-bond donors (Lipinski definition) is 0. The summed E-state index contributed by atoms with van der Waals surface area (Å²) in [6, 6.07) is 6.24. The van der Waals surface area contributed by atoms with Crippen LogP contribution in [0.3, 0.4) is 0 Å². The third-order valence-corrected chi connectivity index (χ3v) is 2.14. The Bertz CT molecular complexity index is 419. The van der Waals surface area contributed by atoms with Crippen molar-refractivity contribution in [3.63, 3.8) is 0 Å². The summed E-state index contributed by atoms with van der Waals surface area (Å²) in [5, 5.41) is 3.89. The highest BCUT2D eigenvalue weighted by atomic mass is 19.1. The molecule has 0 unspecified atom stereocenters. The minimum atomic E-state index is -0.240. The molecule has 2 nitrogen and oxygen atoms in total. The molecule has 0 bridgehead atoms. The summed E-state index contributed by atoms with van der Waals surface area (Å²) < 4.78 is 17.5. The summed E-state index contributed by atoms with van der Waals surface area (Å²) in [7, 11) is 0. The number of aryl methyl sites for hydroxylation is 1. The van der Waals surface area contributed by atoms with E-state index in [4.69, 9.17) is 4.52 Å². The average Bonchev–Trinajstić information content (AvgIpc) is 2.67. The van der Waals surface area contributed by atoms with Crippen molar-refractivity contribution in [2.45, 2.75) is 13.3 Å². The number of rotatable bonds is 2. The van der Waals surface area contributed by atoms with Gasteiger partial charge in [0.2, 0.25) is 0 Å². The van der Waals surface area contributed by atoms with Gasteiger partial charge in [-0.15, -0.1) is 0 Å². The first kappa shape index (κ1) is 8.94. The molecule has 0 aliphatic rings. The van der Waals surface area contributed by atoms with E-state index in [0.717, 1.165) is 23.2 Å². The van der Waals surface area contributed by atoms with Crippen molar-refractivity contribution in [2.75, 3.05) is 0 Å². The van der Waals surface area contributed by atoms with Gasteiger partial charge in [-0.05, 0) is 30.7 Å². The normalized spacial score (nSPS) is 10.4. The van der Waals surface area contributed by atoms with Gasteiger partial charge in [-0.25, -0.2) is 4.39 Å². The molecule has 14 heavy (non-hydrogen) atoms. The van der Waals surface area contributed by atoms with Crippen molar-refractivity contribution < 1.29 is 8.91 Å². The molecule has 1 aromatic carbocycles. The molecule has 2 rings (SSSR count). The van der Waals surface area contributed by atoms with Gasteiger partial charge < -0.3 is 4.52 Å². The second-order valence-electron chi connectivity index (χ2n) is 3.05. The zero-order valence-corrected chi connectivity index (χ0v) is 7.83. The molecular weight excluding hydrogens is 181 g/mol. The molecule has 0 fully saturated rings. The van der Waals surface area contributed by atoms with Crippen LogP contribution >= 0.6 is 0 Å². The Morgan fingerprint density at radius 1 is 1.29 bits per heavy atom. The van der Waals surface area contributed by atoms with Crippen LogP contribution in [-0.2, 0) is 6.42 Å². The quantitative estimate of drug-likeness (QED) is 0.729. The smallest absolute Gasteiger partial charge is 0.127 e. The summed E-state index contributed by atoms with van der Waals surface area (Å²) >= 11 is 0. The highest BCUT2D eigenvalue weighted by Gasteiger charge is 2.07. The van der Waals surface area contributed by atoms with Crippen LogP contribution in [0.5, 0.6) is 0 Å². The molecular formula is C11H10FNO. The molecule has 0 radical (unpaired) electrons. The molecule has 72 valence electrons. The molecule has 2 aromatic rings. The van der Waals surface area contributed by atoms with Crippen LogP contribution < -0.4 is 0 Å². The van der Waals surface area contributed by atoms with Crippen molar-refractivity contribution in [2.24, 2.45) is 0 Å². The lowest BCUT2D eigenvalue weighted by molar-refractivity contribution is 0.421. The molecule has 0 saturated heterocycles. The number of halogens is 1. The zero-order valence-electron chi connectivity index (χ0n) is 7.83. The van der Waals surface area contributed by atoms with Crippen molar-refractivity contribution in [1.29, 1.82) is 0 Å². The van der Waals surface area contributed by atoms with Gasteiger partial charge in [-0.3, -0.25) is 0 Å². The summed E-state index contributed by atoms with van der Waals surface area (Å²) in [4.78, 5) is 0. The van der Waals surface area contributed by atoms with Gasteiger partial charge in [-0.2, -0.15) is 0 Å². The largest absolute Gasteiger partial charge is 0.364 e. The fourth-order valence-electron chi connectivity index (χ4n) is 1.35. The fourth-order valence-corrected chi connectivity index (χ4v) is 1.35. The monoisotopic (exact) mass is 191 g/mol. The standard InChI is InChI=1S/C11H10FNO/c1-2-8-7-14-13-11(8)9-3-5-10(12)6-4-9/h3-7H,2H2,1H3. The van der Waals surface area contributed by atoms with E-state index in [0.29, 0.717) is 0 Å². The molecule has 0 amide bonds. The third-order valence-electron chi connectivity index (χ3n) is 2.14. The van der Waals surface area contributed by atoms with Gasteiger partial charge in [0, 0.05) is 11.1 Å². The predicted molar refractivity (Wildman–Crippen MR) is 51.3 cm³/mol. The van der Waals surface area contributed by atoms with E-state index < -0.39 is 0 Å². The highest BCUT2D eigenvalue weighted by Crippen LogP contribution is 2.22. The lowest BCUT2D eigenvalue weighted by atomic mass is 10.1. The van der Waals surface area contributed by atoms with Crippen molar-refractivity contribution in [3.8, 4) is 11.3 Å². The number of hydrogen-bond acceptors (Lipinski definition) is 2. The molecule has 0 spiro atoms. The molecule has 0 aliphatic heterocycles. The zero-order chi connectivity index (χ0) is 9.97. The number of aromatic nitrogens is 1. The SMILES string of the molecule is CCc1conc1-c1ccc(F)cc1. The molecule has 3 heteroatoms. The first-order valence-electron chi connectivity index (χ1n) is 4.50. The van der Waals surface area contributed by atoms with E-state index in [-0.39, 0.29) is 5.82 Å². The summed E-state index contributed by atoms with van der Waals surface area (Å²) in [6.45, 7) is 2.03. The van der Waals surface area contributed by atoms with Crippen molar-refractivity contribution in [3.05, 3.63) is 41.9 Å². The van der Waals surface area contributed by atoms with Crippen LogP contribution in [0.2, 0.25) is 0 Å². The van der Waals surface area contributed by atoms with E-state index in [1.807, 2.05) is 6.92 Å². The Balaban J connectivity index is 2.44. The summed E-state index contributed by atoms with van der Waals surface area (Å²) in [6.07, 6.45) is 2.48. The van der Waals surface area contributed by atoms with Crippen molar-refractivity contribution in [1.82, 2.24) is 5.16 Å². The molecule has 1 heterocycles. The molecule has 0 atom stereocenters. The second-order valence-corrected chi connectivity index (χ2v) is 3.05. The highest BCUT2D eigenvalue weighted by molar-refractivity contribution is 5.61. The van der Waals surface area contributed by atoms with Gasteiger partial charge in [0.25, 0.3) is 0 Å². The van der Waals surface area contributed by atoms with Crippen LogP contribution in [0, 0.1) is 5.82 Å². The Morgan fingerprint density at radius 3 is 2.64 bits per heavy atom. The minimum Gasteiger partial charge on any atom is -0.364 e. The van der Waals surface area contributed by atoms with Gasteiger partial charge in [0.05, 0.1) is 0 Å². The fraction of sp³-hybridized carbons (Fsp3) is 0.182. The Morgan fingerprint density at radius 2 is 2.00 bits per heavy atom. The maximum Gasteiger partial charge on any atom is 0.127 e. The maximum atomic E-state index is 12.7. The van der Waals surface area contributed by atoms with Crippen LogP contribution in [0.1, 0.15) is 12.5 Å². The molecule has 0 N–H and O–H groups in total. The lowest BCUT2D eigenvalue weighted by Gasteiger charge is -1.97. The van der Waals surface area contributed by atoms with Crippen LogP contribution in [0.25, 0.3) is 11.3 Å². The first-order chi connectivity index (χ1) is 6.81. The number of nitrogens with zero attached hydrogens (tertiary/aromatic N) is 1. The Kier molecular flexibility index (Phi) is 2.31. The Labute approximate surface area is 81.3 Å². The Hall–Kier alpha value is -1.64. The lowest BCUT2D eigenvalue weighted by Crippen LogP contribution is -1.84. The minimum absolute atomic E-state index is 0.240. The summed E-state index contributed by atoms with van der Waals surface area (Å²) in [5.74, 6) is -0.240. The van der Waals surface area contributed by atoms with Crippen LogP contribution in [0.15, 0.2) is 35.1 Å². The van der Waals surface area contributed by atoms with Gasteiger partial charge in [0.15, 0.2) is 0 Å². The van der Waals surface area contributed by atoms with E-state index in [1.54, 1.807) is 18.4 Å². The molecule has 0 aliphatic carbocycles. The maximum absolute atomic E-state index is 12.7. The predicted octanol–water partition coefficient (Wildman–Crippen LogP) is 3.04. The summed E-state index contributed by atoms with van der Waals surface area (Å²) in [5.41, 5.74) is 2.72. The second kappa shape index (κ2) is 3.62. The van der Waals surface area contributed by atoms with E-state index in [1.165, 1.54) is 12.1 Å². The van der Waals surface area contributed by atoms with E-state index in [2.05, 4.69) is 5.16 Å². The molecule has 0 saturated carbocycles. The molecule has 1 aromatic heterocycles. The topological polar surface area (TPSA) is 26.0 Å².